The van der Waals surface area contributed by atoms with E-state index in [0.29, 0.717) is 0 Å². The van der Waals surface area contributed by atoms with Gasteiger partial charge in [0, 0.05) is 17.8 Å². The van der Waals surface area contributed by atoms with Crippen molar-refractivity contribution in [3.8, 4) is 0 Å². The summed E-state index contributed by atoms with van der Waals surface area (Å²) in [5.41, 5.74) is 0. The van der Waals surface area contributed by atoms with E-state index in [4.69, 9.17) is 0 Å². The Bertz CT molecular complexity index is 254. The van der Waals surface area contributed by atoms with Gasteiger partial charge >= 0.3 is 0 Å². The van der Waals surface area contributed by atoms with Crippen LogP contribution in [0.5, 0.6) is 0 Å². The van der Waals surface area contributed by atoms with Crippen molar-refractivity contribution in [1.82, 2.24) is 4.90 Å². The number of β-amino-alcohol motifs (C(OH)–C–C–N with tert-alkyl or cyclic N) is 1. The Labute approximate surface area is 89.2 Å². The molecule has 0 bridgehead atoms. The van der Waals surface area contributed by atoms with E-state index in [1.54, 1.807) is 11.3 Å². The van der Waals surface area contributed by atoms with Crippen LogP contribution in [0, 0.1) is 0 Å². The van der Waals surface area contributed by atoms with Crippen LogP contribution in [0.4, 0.5) is 0 Å². The van der Waals surface area contributed by atoms with Gasteiger partial charge in [0.1, 0.15) is 0 Å². The summed E-state index contributed by atoms with van der Waals surface area (Å²) in [5, 5.41) is 11.9. The molecule has 0 aliphatic carbocycles. The lowest BCUT2D eigenvalue weighted by atomic mass is 10.2. The molecule has 1 aliphatic rings. The largest absolute Gasteiger partial charge is 0.391 e. The molecular weight excluding hydrogens is 194 g/mol. The van der Waals surface area contributed by atoms with Gasteiger partial charge in [0.15, 0.2) is 0 Å². The maximum Gasteiger partial charge on any atom is 0.0715 e. The standard InChI is InChI=1S/C11H17NOS/c13-10(8-11-4-3-7-14-11)9-12-5-1-2-6-12/h3-4,7,10,13H,1-2,5-6,8-9H2. The lowest BCUT2D eigenvalue weighted by Gasteiger charge is -2.18. The van der Waals surface area contributed by atoms with Gasteiger partial charge in [-0.15, -0.1) is 11.3 Å². The van der Waals surface area contributed by atoms with Gasteiger partial charge in [-0.05, 0) is 37.4 Å². The molecule has 2 nitrogen and oxygen atoms in total. The Hall–Kier alpha value is -0.380. The predicted octanol–water partition coefficient (Wildman–Crippen LogP) is 1.75. The van der Waals surface area contributed by atoms with E-state index in [0.717, 1.165) is 13.0 Å². The van der Waals surface area contributed by atoms with Gasteiger partial charge in [-0.1, -0.05) is 6.07 Å². The zero-order valence-electron chi connectivity index (χ0n) is 8.35. The van der Waals surface area contributed by atoms with Gasteiger partial charge in [0.25, 0.3) is 0 Å². The SMILES string of the molecule is OC(Cc1cccs1)CN1CCCC1. The van der Waals surface area contributed by atoms with Crippen molar-refractivity contribution >= 4 is 11.3 Å². The lowest BCUT2D eigenvalue weighted by Crippen LogP contribution is -2.31. The van der Waals surface area contributed by atoms with Gasteiger partial charge < -0.3 is 10.0 Å². The molecule has 1 N–H and O–H groups in total. The summed E-state index contributed by atoms with van der Waals surface area (Å²) < 4.78 is 0. The number of hydrogen-bond acceptors (Lipinski definition) is 3. The second-order valence-electron chi connectivity index (χ2n) is 3.95. The highest BCUT2D eigenvalue weighted by molar-refractivity contribution is 7.09. The molecule has 1 fully saturated rings. The van der Waals surface area contributed by atoms with Crippen LogP contribution in [-0.2, 0) is 6.42 Å². The highest BCUT2D eigenvalue weighted by Gasteiger charge is 2.15. The normalized spacial score (nSPS) is 20.1. The van der Waals surface area contributed by atoms with Crippen LogP contribution in [0.2, 0.25) is 0 Å². The first kappa shape index (κ1) is 10.1. The number of hydrogen-bond donors (Lipinski definition) is 1. The van der Waals surface area contributed by atoms with E-state index in [-0.39, 0.29) is 6.10 Å². The second-order valence-corrected chi connectivity index (χ2v) is 4.98. The Balaban J connectivity index is 1.75. The molecule has 0 radical (unpaired) electrons. The third-order valence-corrected chi connectivity index (χ3v) is 3.58. The van der Waals surface area contributed by atoms with Crippen molar-refractivity contribution in [1.29, 1.82) is 0 Å². The lowest BCUT2D eigenvalue weighted by molar-refractivity contribution is 0.126. The zero-order valence-corrected chi connectivity index (χ0v) is 9.17. The molecule has 1 unspecified atom stereocenters. The highest BCUT2D eigenvalue weighted by Crippen LogP contribution is 2.13. The molecule has 0 saturated carbocycles. The maximum atomic E-state index is 9.85. The van der Waals surface area contributed by atoms with E-state index in [1.807, 2.05) is 6.07 Å². The molecule has 0 spiro atoms. The first-order chi connectivity index (χ1) is 6.84. The fourth-order valence-electron chi connectivity index (χ4n) is 1.99. The number of aliphatic hydroxyl groups excluding tert-OH is 1. The van der Waals surface area contributed by atoms with Crippen LogP contribution in [0.15, 0.2) is 17.5 Å². The average molecular weight is 211 g/mol. The number of thiophene rings is 1. The number of rotatable bonds is 4. The number of nitrogens with zero attached hydrogens (tertiary/aromatic N) is 1. The van der Waals surface area contributed by atoms with Crippen LogP contribution < -0.4 is 0 Å². The van der Waals surface area contributed by atoms with Crippen LogP contribution >= 0.6 is 11.3 Å². The Morgan fingerprint density at radius 3 is 2.86 bits per heavy atom. The summed E-state index contributed by atoms with van der Waals surface area (Å²) in [5.74, 6) is 0. The molecule has 2 rings (SSSR count). The van der Waals surface area contributed by atoms with Crippen LogP contribution in [0.3, 0.4) is 0 Å². The quantitative estimate of drug-likeness (QED) is 0.820. The van der Waals surface area contributed by atoms with Crippen molar-refractivity contribution in [2.24, 2.45) is 0 Å². The van der Waals surface area contributed by atoms with E-state index >= 15 is 0 Å². The summed E-state index contributed by atoms with van der Waals surface area (Å²) in [6.07, 6.45) is 3.22. The molecule has 1 atom stereocenters. The van der Waals surface area contributed by atoms with Gasteiger partial charge in [-0.3, -0.25) is 0 Å². The van der Waals surface area contributed by atoms with Crippen molar-refractivity contribution in [2.45, 2.75) is 25.4 Å². The summed E-state index contributed by atoms with van der Waals surface area (Å²) in [4.78, 5) is 3.65. The molecule has 78 valence electrons. The molecule has 1 aromatic heterocycles. The van der Waals surface area contributed by atoms with Gasteiger partial charge in [0.2, 0.25) is 0 Å². The summed E-state index contributed by atoms with van der Waals surface area (Å²) in [7, 11) is 0. The second kappa shape index (κ2) is 4.91. The Kier molecular flexibility index (Phi) is 3.56. The molecule has 2 heterocycles. The molecule has 14 heavy (non-hydrogen) atoms. The molecule has 3 heteroatoms. The topological polar surface area (TPSA) is 23.5 Å². The fraction of sp³-hybridized carbons (Fsp3) is 0.636. The maximum absolute atomic E-state index is 9.85. The monoisotopic (exact) mass is 211 g/mol. The fourth-order valence-corrected chi connectivity index (χ4v) is 2.77. The van der Waals surface area contributed by atoms with Crippen molar-refractivity contribution in [3.05, 3.63) is 22.4 Å². The Morgan fingerprint density at radius 2 is 2.21 bits per heavy atom. The average Bonchev–Trinajstić information content (AvgIpc) is 2.76. The van der Waals surface area contributed by atoms with E-state index in [9.17, 15) is 5.11 Å². The van der Waals surface area contributed by atoms with Crippen LogP contribution in [-0.4, -0.2) is 35.7 Å². The molecular formula is C11H17NOS. The third kappa shape index (κ3) is 2.80. The first-order valence-corrected chi connectivity index (χ1v) is 6.15. The molecule has 1 aliphatic heterocycles. The number of aliphatic hydroxyl groups is 1. The number of likely N-dealkylation sites (tertiary alicyclic amines) is 1. The summed E-state index contributed by atoms with van der Waals surface area (Å²) in [6.45, 7) is 3.18. The van der Waals surface area contributed by atoms with Gasteiger partial charge in [0.05, 0.1) is 6.10 Å². The van der Waals surface area contributed by atoms with Crippen molar-refractivity contribution in [2.75, 3.05) is 19.6 Å². The smallest absolute Gasteiger partial charge is 0.0715 e. The minimum atomic E-state index is -0.188. The minimum Gasteiger partial charge on any atom is -0.391 e. The summed E-state index contributed by atoms with van der Waals surface area (Å²) in [6, 6.07) is 4.14. The van der Waals surface area contributed by atoms with Crippen molar-refractivity contribution in [3.63, 3.8) is 0 Å². The van der Waals surface area contributed by atoms with Gasteiger partial charge in [-0.2, -0.15) is 0 Å². The summed E-state index contributed by atoms with van der Waals surface area (Å²) >= 11 is 1.73. The van der Waals surface area contributed by atoms with Crippen molar-refractivity contribution < 1.29 is 5.11 Å². The molecule has 0 amide bonds. The molecule has 1 saturated heterocycles. The zero-order chi connectivity index (χ0) is 9.80. The first-order valence-electron chi connectivity index (χ1n) is 5.27. The minimum absolute atomic E-state index is 0.188. The molecule has 1 aromatic rings. The Morgan fingerprint density at radius 1 is 1.43 bits per heavy atom. The highest BCUT2D eigenvalue weighted by atomic mass is 32.1. The van der Waals surface area contributed by atoms with Gasteiger partial charge in [-0.25, -0.2) is 0 Å². The van der Waals surface area contributed by atoms with E-state index < -0.39 is 0 Å². The van der Waals surface area contributed by atoms with E-state index in [2.05, 4.69) is 16.3 Å². The van der Waals surface area contributed by atoms with Crippen LogP contribution in [0.25, 0.3) is 0 Å². The predicted molar refractivity (Wildman–Crippen MR) is 59.7 cm³/mol. The van der Waals surface area contributed by atoms with Crippen LogP contribution in [0.1, 0.15) is 17.7 Å². The third-order valence-electron chi connectivity index (χ3n) is 2.68. The molecule has 0 aromatic carbocycles. The van der Waals surface area contributed by atoms with E-state index in [1.165, 1.54) is 30.8 Å².